The SMILES string of the molecule is COC(=O)c1cncc(C(F)(F)F)c1C#N. The molecule has 1 aromatic heterocycles. The van der Waals surface area contributed by atoms with Crippen LogP contribution in [0.25, 0.3) is 0 Å². The average molecular weight is 230 g/mol. The number of carbonyl (C=O) groups excluding carboxylic acids is 1. The standard InChI is InChI=1S/C9H5F3N2O2/c1-16-8(15)6-3-14-4-7(5(6)2-13)9(10,11)12/h3-4H,1H3. The van der Waals surface area contributed by atoms with Crippen LogP contribution in [0.4, 0.5) is 13.2 Å². The third-order valence-electron chi connectivity index (χ3n) is 1.77. The van der Waals surface area contributed by atoms with E-state index in [9.17, 15) is 18.0 Å². The molecule has 0 saturated carbocycles. The van der Waals surface area contributed by atoms with E-state index in [1.807, 2.05) is 0 Å². The Morgan fingerprint density at radius 2 is 2.12 bits per heavy atom. The number of nitriles is 1. The minimum Gasteiger partial charge on any atom is -0.465 e. The maximum absolute atomic E-state index is 12.4. The molecule has 0 amide bonds. The highest BCUT2D eigenvalue weighted by molar-refractivity contribution is 5.92. The summed E-state index contributed by atoms with van der Waals surface area (Å²) in [6, 6.07) is 1.33. The summed E-state index contributed by atoms with van der Waals surface area (Å²) in [5, 5.41) is 8.62. The molecule has 0 saturated heterocycles. The highest BCUT2D eigenvalue weighted by Gasteiger charge is 2.36. The van der Waals surface area contributed by atoms with E-state index in [2.05, 4.69) is 9.72 Å². The van der Waals surface area contributed by atoms with E-state index >= 15 is 0 Å². The molecule has 0 spiro atoms. The lowest BCUT2D eigenvalue weighted by molar-refractivity contribution is -0.138. The van der Waals surface area contributed by atoms with E-state index in [0.717, 1.165) is 13.3 Å². The number of hydrogen-bond acceptors (Lipinski definition) is 4. The first-order valence-corrected chi connectivity index (χ1v) is 3.95. The van der Waals surface area contributed by atoms with E-state index in [0.29, 0.717) is 6.20 Å². The second-order valence-electron chi connectivity index (χ2n) is 2.71. The highest BCUT2D eigenvalue weighted by atomic mass is 19.4. The molecular weight excluding hydrogens is 225 g/mol. The molecule has 1 aromatic rings. The van der Waals surface area contributed by atoms with Crippen LogP contribution >= 0.6 is 0 Å². The molecule has 4 nitrogen and oxygen atoms in total. The van der Waals surface area contributed by atoms with Gasteiger partial charge in [0, 0.05) is 12.4 Å². The number of esters is 1. The van der Waals surface area contributed by atoms with Gasteiger partial charge in [0.15, 0.2) is 0 Å². The number of rotatable bonds is 1. The number of carbonyl (C=O) groups is 1. The van der Waals surface area contributed by atoms with Crippen LogP contribution in [0.2, 0.25) is 0 Å². The quantitative estimate of drug-likeness (QED) is 0.689. The van der Waals surface area contributed by atoms with Crippen LogP contribution in [-0.2, 0) is 10.9 Å². The van der Waals surface area contributed by atoms with Crippen molar-refractivity contribution in [3.05, 3.63) is 29.1 Å². The third kappa shape index (κ3) is 2.11. The molecule has 0 aliphatic carbocycles. The van der Waals surface area contributed by atoms with Gasteiger partial charge >= 0.3 is 12.1 Å². The molecular formula is C9H5F3N2O2. The number of hydrogen-bond donors (Lipinski definition) is 0. The summed E-state index contributed by atoms with van der Waals surface area (Å²) in [5.41, 5.74) is -2.54. The van der Waals surface area contributed by atoms with E-state index < -0.39 is 28.8 Å². The molecule has 84 valence electrons. The Morgan fingerprint density at radius 3 is 2.56 bits per heavy atom. The summed E-state index contributed by atoms with van der Waals surface area (Å²) >= 11 is 0. The zero-order valence-electron chi connectivity index (χ0n) is 8.00. The van der Waals surface area contributed by atoms with Crippen LogP contribution in [0.15, 0.2) is 12.4 Å². The van der Waals surface area contributed by atoms with Crippen molar-refractivity contribution in [2.24, 2.45) is 0 Å². The van der Waals surface area contributed by atoms with Crippen LogP contribution in [0, 0.1) is 11.3 Å². The summed E-state index contributed by atoms with van der Waals surface area (Å²) in [6.07, 6.45) is -3.38. The molecule has 0 aromatic carbocycles. The Bertz CT molecular complexity index is 463. The zero-order chi connectivity index (χ0) is 12.3. The normalized spacial score (nSPS) is 10.7. The lowest BCUT2D eigenvalue weighted by Crippen LogP contribution is -2.13. The van der Waals surface area contributed by atoms with Crippen LogP contribution in [-0.4, -0.2) is 18.1 Å². The van der Waals surface area contributed by atoms with Crippen molar-refractivity contribution in [2.45, 2.75) is 6.18 Å². The molecule has 0 atom stereocenters. The van der Waals surface area contributed by atoms with Crippen molar-refractivity contribution >= 4 is 5.97 Å². The third-order valence-corrected chi connectivity index (χ3v) is 1.77. The number of alkyl halides is 3. The number of methoxy groups -OCH3 is 1. The van der Waals surface area contributed by atoms with Crippen LogP contribution in [0.5, 0.6) is 0 Å². The first-order valence-electron chi connectivity index (χ1n) is 3.95. The number of halogens is 3. The minimum atomic E-state index is -4.73. The maximum Gasteiger partial charge on any atom is 0.419 e. The van der Waals surface area contributed by atoms with Gasteiger partial charge in [-0.05, 0) is 0 Å². The Morgan fingerprint density at radius 1 is 1.50 bits per heavy atom. The molecule has 0 aliphatic rings. The van der Waals surface area contributed by atoms with Crippen LogP contribution in [0.1, 0.15) is 21.5 Å². The maximum atomic E-state index is 12.4. The molecule has 1 rings (SSSR count). The fourth-order valence-corrected chi connectivity index (χ4v) is 1.06. The topological polar surface area (TPSA) is 63.0 Å². The summed E-state index contributed by atoms with van der Waals surface area (Å²) in [5.74, 6) is -1.03. The monoisotopic (exact) mass is 230 g/mol. The summed E-state index contributed by atoms with van der Waals surface area (Å²) in [6.45, 7) is 0. The smallest absolute Gasteiger partial charge is 0.419 e. The van der Waals surface area contributed by atoms with Gasteiger partial charge in [0.25, 0.3) is 0 Å². The van der Waals surface area contributed by atoms with Gasteiger partial charge in [-0.3, -0.25) is 4.98 Å². The second kappa shape index (κ2) is 4.18. The summed E-state index contributed by atoms with van der Waals surface area (Å²) < 4.78 is 41.6. The minimum absolute atomic E-state index is 0.491. The van der Waals surface area contributed by atoms with E-state index in [1.54, 1.807) is 0 Å². The Hall–Kier alpha value is -2.10. The van der Waals surface area contributed by atoms with Gasteiger partial charge in [0.05, 0.1) is 23.8 Å². The molecule has 0 bridgehead atoms. The van der Waals surface area contributed by atoms with Crippen molar-refractivity contribution in [2.75, 3.05) is 7.11 Å². The van der Waals surface area contributed by atoms with E-state index in [1.165, 1.54) is 6.07 Å². The fraction of sp³-hybridized carbons (Fsp3) is 0.222. The molecule has 0 N–H and O–H groups in total. The molecule has 16 heavy (non-hydrogen) atoms. The van der Waals surface area contributed by atoms with Gasteiger partial charge in [-0.1, -0.05) is 0 Å². The van der Waals surface area contributed by atoms with Crippen molar-refractivity contribution in [3.8, 4) is 6.07 Å². The largest absolute Gasteiger partial charge is 0.465 e. The molecule has 0 radical (unpaired) electrons. The number of nitrogens with zero attached hydrogens (tertiary/aromatic N) is 2. The average Bonchev–Trinajstić information content (AvgIpc) is 2.25. The highest BCUT2D eigenvalue weighted by Crippen LogP contribution is 2.32. The van der Waals surface area contributed by atoms with Gasteiger partial charge < -0.3 is 4.74 Å². The lowest BCUT2D eigenvalue weighted by Gasteiger charge is -2.09. The molecule has 1 heterocycles. The number of ether oxygens (including phenoxy) is 1. The predicted molar refractivity (Wildman–Crippen MR) is 45.3 cm³/mol. The Kier molecular flexibility index (Phi) is 3.13. The zero-order valence-corrected chi connectivity index (χ0v) is 8.00. The fourth-order valence-electron chi connectivity index (χ4n) is 1.06. The van der Waals surface area contributed by atoms with Crippen molar-refractivity contribution < 1.29 is 22.7 Å². The number of aromatic nitrogens is 1. The molecule has 0 aliphatic heterocycles. The van der Waals surface area contributed by atoms with Crippen molar-refractivity contribution in [1.29, 1.82) is 5.26 Å². The van der Waals surface area contributed by atoms with Crippen LogP contribution < -0.4 is 0 Å². The van der Waals surface area contributed by atoms with Gasteiger partial charge in [0.2, 0.25) is 0 Å². The molecule has 7 heteroatoms. The van der Waals surface area contributed by atoms with Crippen molar-refractivity contribution in [3.63, 3.8) is 0 Å². The van der Waals surface area contributed by atoms with Gasteiger partial charge in [-0.15, -0.1) is 0 Å². The second-order valence-corrected chi connectivity index (χ2v) is 2.71. The first-order chi connectivity index (χ1) is 7.41. The molecule has 0 unspecified atom stereocenters. The van der Waals surface area contributed by atoms with E-state index in [4.69, 9.17) is 5.26 Å². The Labute approximate surface area is 88.3 Å². The van der Waals surface area contributed by atoms with Crippen LogP contribution in [0.3, 0.4) is 0 Å². The van der Waals surface area contributed by atoms with Gasteiger partial charge in [0.1, 0.15) is 6.07 Å². The van der Waals surface area contributed by atoms with Gasteiger partial charge in [-0.2, -0.15) is 18.4 Å². The predicted octanol–water partition coefficient (Wildman–Crippen LogP) is 1.76. The Balaban J connectivity index is 3.46. The summed E-state index contributed by atoms with van der Waals surface area (Å²) in [7, 11) is 1.00. The molecule has 0 fully saturated rings. The van der Waals surface area contributed by atoms with Gasteiger partial charge in [-0.25, -0.2) is 4.79 Å². The van der Waals surface area contributed by atoms with E-state index in [-0.39, 0.29) is 0 Å². The summed E-state index contributed by atoms with van der Waals surface area (Å²) in [4.78, 5) is 14.3. The first kappa shape index (κ1) is 12.0. The number of pyridine rings is 1. The van der Waals surface area contributed by atoms with Crippen molar-refractivity contribution in [1.82, 2.24) is 4.98 Å². The lowest BCUT2D eigenvalue weighted by atomic mass is 10.1.